The van der Waals surface area contributed by atoms with Gasteiger partial charge >= 0.3 is 25.8 Å². The predicted molar refractivity (Wildman–Crippen MR) is 248 cm³/mol. The highest BCUT2D eigenvalue weighted by Gasteiger charge is 2.29. The number of nitrogens with zero attached hydrogens (tertiary/aromatic N) is 1. The molecule has 0 saturated heterocycles. The van der Waals surface area contributed by atoms with Gasteiger partial charge in [-0.1, -0.05) is 131 Å². The van der Waals surface area contributed by atoms with Gasteiger partial charge in [0.25, 0.3) is 0 Å². The van der Waals surface area contributed by atoms with Crippen LogP contribution in [0.2, 0.25) is 0 Å². The Kier molecular flexibility index (Phi) is 18.4. The van der Waals surface area contributed by atoms with Gasteiger partial charge in [0.1, 0.15) is 5.75 Å². The summed E-state index contributed by atoms with van der Waals surface area (Å²) in [6.07, 6.45) is 0.476. The maximum absolute atomic E-state index is 13.9. The molecule has 0 saturated carbocycles. The van der Waals surface area contributed by atoms with E-state index in [0.717, 1.165) is 41.0 Å². The lowest BCUT2D eigenvalue weighted by molar-refractivity contribution is -0.166. The number of hydrogen-bond acceptors (Lipinski definition) is 10. The van der Waals surface area contributed by atoms with Gasteiger partial charge in [0.2, 0.25) is 6.79 Å². The highest BCUT2D eigenvalue weighted by Crippen LogP contribution is 2.51. The van der Waals surface area contributed by atoms with Crippen molar-refractivity contribution in [2.75, 3.05) is 35.4 Å². The van der Waals surface area contributed by atoms with E-state index in [2.05, 4.69) is 43.2 Å². The Bertz CT molecular complexity index is 2210. The molecule has 0 aliphatic rings. The Morgan fingerprint density at radius 3 is 1.84 bits per heavy atom. The molecule has 0 unspecified atom stereocenters. The molecule has 5 aromatic rings. The monoisotopic (exact) mass is 877 g/mol. The van der Waals surface area contributed by atoms with Gasteiger partial charge in [0.15, 0.2) is 0 Å². The Balaban J connectivity index is 1.19. The first-order chi connectivity index (χ1) is 30.3. The molecule has 13 heteroatoms. The van der Waals surface area contributed by atoms with E-state index in [1.54, 1.807) is 24.3 Å². The number of rotatable bonds is 23. The summed E-state index contributed by atoms with van der Waals surface area (Å²) < 4.78 is 41.8. The number of ether oxygens (including phenoxy) is 2. The molecule has 0 fully saturated rings. The number of benzene rings is 5. The number of phosphoric acid groups is 1. The van der Waals surface area contributed by atoms with Gasteiger partial charge in [-0.3, -0.25) is 18.6 Å². The van der Waals surface area contributed by atoms with Gasteiger partial charge in [-0.2, -0.15) is 0 Å². The van der Waals surface area contributed by atoms with E-state index >= 15 is 0 Å². The van der Waals surface area contributed by atoms with Gasteiger partial charge < -0.3 is 29.5 Å². The van der Waals surface area contributed by atoms with Crippen LogP contribution in [-0.2, 0) is 52.3 Å². The van der Waals surface area contributed by atoms with Crippen molar-refractivity contribution < 1.29 is 42.0 Å². The molecule has 2 amide bonds. The van der Waals surface area contributed by atoms with Crippen molar-refractivity contribution in [3.8, 4) is 5.75 Å². The fourth-order valence-electron chi connectivity index (χ4n) is 6.78. The van der Waals surface area contributed by atoms with Crippen molar-refractivity contribution in [3.63, 3.8) is 0 Å². The number of esters is 2. The van der Waals surface area contributed by atoms with E-state index in [0.29, 0.717) is 35.2 Å². The molecule has 5 rings (SSSR count). The Morgan fingerprint density at radius 1 is 0.667 bits per heavy atom. The van der Waals surface area contributed by atoms with Crippen LogP contribution in [0.4, 0.5) is 21.9 Å². The normalized spacial score (nSPS) is 11.8. The number of aryl methyl sites for hydroxylation is 1. The SMILES string of the molecule is CC[C@@H](CC(=O)OCOC(=O)Cc1cccc(OP(=O)(OCc2ccccc2)OCc2ccccc2)c1)c1ccc(N(CC(C)C)CC(C)C)c(NC(=O)Nc2ccc(C)cc2)c1. The minimum atomic E-state index is -4.13. The molecule has 0 aromatic heterocycles. The van der Waals surface area contributed by atoms with E-state index < -0.39 is 26.6 Å². The van der Waals surface area contributed by atoms with Crippen LogP contribution in [0.25, 0.3) is 0 Å². The Labute approximate surface area is 371 Å². The Morgan fingerprint density at radius 2 is 1.25 bits per heavy atom. The second-order valence-electron chi connectivity index (χ2n) is 16.3. The summed E-state index contributed by atoms with van der Waals surface area (Å²) in [5.41, 5.74) is 6.23. The molecule has 12 nitrogen and oxygen atoms in total. The smallest absolute Gasteiger partial charge is 0.428 e. The third kappa shape index (κ3) is 16.4. The Hall–Kier alpha value is -5.94. The molecule has 0 bridgehead atoms. The fourth-order valence-corrected chi connectivity index (χ4v) is 7.95. The molecule has 2 N–H and O–H groups in total. The van der Waals surface area contributed by atoms with E-state index in [9.17, 15) is 18.9 Å². The first-order valence-corrected chi connectivity index (χ1v) is 22.8. The number of anilines is 3. The van der Waals surface area contributed by atoms with E-state index in [1.807, 2.05) is 117 Å². The van der Waals surface area contributed by atoms with Gasteiger partial charge in [-0.25, -0.2) is 9.36 Å². The van der Waals surface area contributed by atoms with Gasteiger partial charge in [-0.15, -0.1) is 0 Å². The molecule has 334 valence electrons. The first kappa shape index (κ1) is 48.1. The summed E-state index contributed by atoms with van der Waals surface area (Å²) in [6, 6.07) is 38.1. The highest BCUT2D eigenvalue weighted by molar-refractivity contribution is 7.48. The van der Waals surface area contributed by atoms with Gasteiger partial charge in [-0.05, 0) is 89.8 Å². The number of carbonyl (C=O) groups excluding carboxylic acids is 3. The zero-order valence-electron chi connectivity index (χ0n) is 37.1. The number of nitrogens with one attached hydrogen (secondary N) is 2. The molecule has 1 atom stereocenters. The lowest BCUT2D eigenvalue weighted by Gasteiger charge is -2.31. The van der Waals surface area contributed by atoms with Crippen molar-refractivity contribution in [3.05, 3.63) is 155 Å². The number of carbonyl (C=O) groups is 3. The van der Waals surface area contributed by atoms with Crippen LogP contribution < -0.4 is 20.1 Å². The summed E-state index contributed by atoms with van der Waals surface area (Å²) in [7, 11) is -4.13. The molecular weight excluding hydrogens is 818 g/mol. The quantitative estimate of drug-likeness (QED) is 0.0370. The average molecular weight is 878 g/mol. The molecule has 0 aliphatic heterocycles. The van der Waals surface area contributed by atoms with Crippen molar-refractivity contribution in [2.24, 2.45) is 11.8 Å². The first-order valence-electron chi connectivity index (χ1n) is 21.4. The van der Waals surface area contributed by atoms with Crippen LogP contribution in [-0.4, -0.2) is 37.9 Å². The summed E-state index contributed by atoms with van der Waals surface area (Å²) in [4.78, 5) is 41.6. The minimum absolute atomic E-state index is 0.00942. The maximum Gasteiger partial charge on any atom is 0.530 e. The molecule has 63 heavy (non-hydrogen) atoms. The largest absolute Gasteiger partial charge is 0.530 e. The average Bonchev–Trinajstić information content (AvgIpc) is 3.25. The van der Waals surface area contributed by atoms with E-state index in [4.69, 9.17) is 23.0 Å². The van der Waals surface area contributed by atoms with Crippen LogP contribution in [0.5, 0.6) is 5.75 Å². The van der Waals surface area contributed by atoms with Crippen molar-refractivity contribution in [1.82, 2.24) is 0 Å². The number of hydrogen-bond donors (Lipinski definition) is 2. The number of phosphoric ester groups is 1. The number of urea groups is 1. The minimum Gasteiger partial charge on any atom is -0.428 e. The summed E-state index contributed by atoms with van der Waals surface area (Å²) in [5.74, 6) is -0.482. The van der Waals surface area contributed by atoms with Crippen molar-refractivity contribution >= 4 is 42.9 Å². The molecular formula is C50H60N3O9P. The van der Waals surface area contributed by atoms with Crippen molar-refractivity contribution in [2.45, 2.75) is 79.9 Å². The standard InChI is InChI=1S/C50H60N3O9P/c1-7-42(43-23-26-47(53(31-36(2)3)32-37(4)5)46(29-43)52-50(56)51-44-24-21-38(6)22-25-44)30-49(55)59-35-58-48(54)28-41-19-14-20-45(27-41)62-63(57,60-33-39-15-10-8-11-16-39)61-34-40-17-12-9-13-18-40/h8-27,29,36-37,42H,7,28,30-35H2,1-6H3,(H2,51,52,56)/t42-/m0/s1. The topological polar surface area (TPSA) is 142 Å². The second-order valence-corrected chi connectivity index (χ2v) is 17.8. The lowest BCUT2D eigenvalue weighted by Crippen LogP contribution is -2.32. The van der Waals surface area contributed by atoms with E-state index in [-0.39, 0.29) is 43.8 Å². The summed E-state index contributed by atoms with van der Waals surface area (Å²) in [6.45, 7) is 13.6. The van der Waals surface area contributed by atoms with E-state index in [1.165, 1.54) is 0 Å². The highest BCUT2D eigenvalue weighted by atomic mass is 31.2. The van der Waals surface area contributed by atoms with Gasteiger partial charge in [0.05, 0.1) is 37.4 Å². The van der Waals surface area contributed by atoms with Crippen LogP contribution >= 0.6 is 7.82 Å². The van der Waals surface area contributed by atoms with Crippen LogP contribution in [0.3, 0.4) is 0 Å². The molecule has 0 radical (unpaired) electrons. The summed E-state index contributed by atoms with van der Waals surface area (Å²) >= 11 is 0. The summed E-state index contributed by atoms with van der Waals surface area (Å²) in [5, 5.41) is 6.01. The van der Waals surface area contributed by atoms with Crippen LogP contribution in [0.15, 0.2) is 127 Å². The molecule has 0 spiro atoms. The molecule has 5 aromatic carbocycles. The zero-order valence-corrected chi connectivity index (χ0v) is 38.0. The third-order valence-corrected chi connectivity index (χ3v) is 11.2. The maximum atomic E-state index is 13.9. The lowest BCUT2D eigenvalue weighted by atomic mass is 9.92. The molecule has 0 aliphatic carbocycles. The third-order valence-electron chi connectivity index (χ3n) is 9.84. The zero-order chi connectivity index (χ0) is 45.2. The fraction of sp³-hybridized carbons (Fsp3) is 0.340. The molecule has 0 heterocycles. The van der Waals surface area contributed by atoms with Crippen LogP contribution in [0, 0.1) is 18.8 Å². The predicted octanol–water partition coefficient (Wildman–Crippen LogP) is 11.8. The van der Waals surface area contributed by atoms with Crippen molar-refractivity contribution in [1.29, 1.82) is 0 Å². The van der Waals surface area contributed by atoms with Gasteiger partial charge in [0, 0.05) is 18.8 Å². The number of amides is 2. The van der Waals surface area contributed by atoms with Crippen LogP contribution in [0.1, 0.15) is 81.2 Å². The second kappa shape index (κ2) is 24.1.